The molecule has 11 heteroatoms. The number of aryl methyl sites for hydroxylation is 1. The van der Waals surface area contributed by atoms with E-state index < -0.39 is 11.2 Å². The highest BCUT2D eigenvalue weighted by atomic mass is 32.2. The number of benzene rings is 1. The summed E-state index contributed by atoms with van der Waals surface area (Å²) < 4.78 is 6.98. The van der Waals surface area contributed by atoms with Crippen molar-refractivity contribution in [1.82, 2.24) is 19.7 Å². The summed E-state index contributed by atoms with van der Waals surface area (Å²) in [7, 11) is 0. The predicted octanol–water partition coefficient (Wildman–Crippen LogP) is 2.91. The fraction of sp³-hybridized carbons (Fsp3) is 0.435. The number of hydrogen-bond donors (Lipinski definition) is 2. The quantitative estimate of drug-likeness (QED) is 0.440. The first-order chi connectivity index (χ1) is 16.1. The van der Waals surface area contributed by atoms with Gasteiger partial charge in [0.25, 0.3) is 10.8 Å². The molecule has 182 valence electrons. The second kappa shape index (κ2) is 10.7. The fourth-order valence-corrected chi connectivity index (χ4v) is 3.99. The van der Waals surface area contributed by atoms with Crippen LogP contribution in [-0.4, -0.2) is 38.0 Å². The van der Waals surface area contributed by atoms with Crippen LogP contribution in [0.2, 0.25) is 0 Å². The van der Waals surface area contributed by atoms with Gasteiger partial charge in [0, 0.05) is 18.7 Å². The van der Waals surface area contributed by atoms with Crippen LogP contribution in [0.1, 0.15) is 33.3 Å². The van der Waals surface area contributed by atoms with Crippen LogP contribution in [0.4, 0.5) is 11.5 Å². The summed E-state index contributed by atoms with van der Waals surface area (Å²) in [6, 6.07) is 7.66. The highest BCUT2D eigenvalue weighted by molar-refractivity contribution is 7.99. The van der Waals surface area contributed by atoms with Crippen LogP contribution in [0.15, 0.2) is 43.5 Å². The van der Waals surface area contributed by atoms with Crippen molar-refractivity contribution in [1.29, 1.82) is 0 Å². The number of aromatic amines is 1. The molecule has 0 unspecified atom stereocenters. The Bertz CT molecular complexity index is 1260. The molecule has 0 bridgehead atoms. The SMILES string of the molecule is Cc1ccc(-c2nnc(SCC(=O)N(CC(C)C)c3c(N)n(CC(C)C)c(=O)[nH]c3=O)o2)cc1. The monoisotopic (exact) mass is 486 g/mol. The molecule has 34 heavy (non-hydrogen) atoms. The summed E-state index contributed by atoms with van der Waals surface area (Å²) in [6.45, 7) is 10.3. The Kier molecular flexibility index (Phi) is 7.98. The van der Waals surface area contributed by atoms with Gasteiger partial charge in [-0.2, -0.15) is 0 Å². The van der Waals surface area contributed by atoms with Crippen molar-refractivity contribution < 1.29 is 9.21 Å². The number of carbonyl (C=O) groups is 1. The standard InChI is InChI=1S/C23H30N6O4S/c1-13(2)10-28(18-19(24)29(11-14(3)4)22(32)25-20(18)31)17(30)12-34-23-27-26-21(33-23)16-8-6-15(5)7-9-16/h6-9,13-14H,10-12,24H2,1-5H3,(H,25,31,32). The molecule has 0 radical (unpaired) electrons. The van der Waals surface area contributed by atoms with E-state index >= 15 is 0 Å². The third-order valence-corrected chi connectivity index (χ3v) is 5.71. The number of thioether (sulfide) groups is 1. The van der Waals surface area contributed by atoms with E-state index in [-0.39, 0.29) is 46.8 Å². The molecule has 0 saturated carbocycles. The Balaban J connectivity index is 1.84. The molecule has 0 aliphatic carbocycles. The summed E-state index contributed by atoms with van der Waals surface area (Å²) in [5, 5.41) is 8.29. The molecule has 1 amide bonds. The molecule has 2 heterocycles. The third-order valence-electron chi connectivity index (χ3n) is 4.90. The van der Waals surface area contributed by atoms with E-state index in [1.165, 1.54) is 9.47 Å². The van der Waals surface area contributed by atoms with E-state index in [4.69, 9.17) is 10.2 Å². The average Bonchev–Trinajstić information content (AvgIpc) is 3.23. The second-order valence-electron chi connectivity index (χ2n) is 8.92. The van der Waals surface area contributed by atoms with E-state index in [2.05, 4.69) is 15.2 Å². The molecule has 3 rings (SSSR count). The van der Waals surface area contributed by atoms with Gasteiger partial charge in [0.15, 0.2) is 5.69 Å². The number of nitrogen functional groups attached to an aromatic ring is 1. The smallest absolute Gasteiger partial charge is 0.330 e. The number of nitrogens with one attached hydrogen (secondary N) is 1. The average molecular weight is 487 g/mol. The number of nitrogens with zero attached hydrogens (tertiary/aromatic N) is 4. The lowest BCUT2D eigenvalue weighted by Gasteiger charge is -2.26. The minimum absolute atomic E-state index is 0.0228. The summed E-state index contributed by atoms with van der Waals surface area (Å²) in [4.78, 5) is 41.8. The van der Waals surface area contributed by atoms with Crippen molar-refractivity contribution in [3.8, 4) is 11.5 Å². The van der Waals surface area contributed by atoms with Gasteiger partial charge < -0.3 is 15.1 Å². The van der Waals surface area contributed by atoms with Gasteiger partial charge in [-0.1, -0.05) is 57.2 Å². The first-order valence-corrected chi connectivity index (χ1v) is 12.0. The number of H-pyrrole nitrogens is 1. The van der Waals surface area contributed by atoms with Crippen LogP contribution in [0, 0.1) is 18.8 Å². The van der Waals surface area contributed by atoms with Crippen LogP contribution in [0.25, 0.3) is 11.5 Å². The maximum atomic E-state index is 13.2. The summed E-state index contributed by atoms with van der Waals surface area (Å²) in [5.41, 5.74) is 6.82. The summed E-state index contributed by atoms with van der Waals surface area (Å²) >= 11 is 1.07. The maximum absolute atomic E-state index is 13.2. The highest BCUT2D eigenvalue weighted by Crippen LogP contribution is 2.25. The van der Waals surface area contributed by atoms with Gasteiger partial charge in [-0.25, -0.2) is 4.79 Å². The van der Waals surface area contributed by atoms with Crippen LogP contribution < -0.4 is 21.9 Å². The van der Waals surface area contributed by atoms with Crippen LogP contribution in [0.5, 0.6) is 0 Å². The van der Waals surface area contributed by atoms with Crippen molar-refractivity contribution in [3.05, 3.63) is 50.7 Å². The zero-order valence-corrected chi connectivity index (χ0v) is 20.8. The normalized spacial score (nSPS) is 11.4. The fourth-order valence-electron chi connectivity index (χ4n) is 3.35. The molecule has 3 N–H and O–H groups in total. The maximum Gasteiger partial charge on any atom is 0.330 e. The van der Waals surface area contributed by atoms with Gasteiger partial charge in [0.05, 0.1) is 5.75 Å². The van der Waals surface area contributed by atoms with Crippen molar-refractivity contribution >= 4 is 29.2 Å². The number of nitrogens with two attached hydrogens (primary N) is 1. The number of anilines is 2. The molecule has 0 aliphatic heterocycles. The van der Waals surface area contributed by atoms with Crippen molar-refractivity contribution in [2.75, 3.05) is 22.9 Å². The van der Waals surface area contributed by atoms with E-state index in [1.54, 1.807) is 0 Å². The molecular weight excluding hydrogens is 456 g/mol. The molecule has 3 aromatic rings. The van der Waals surface area contributed by atoms with Crippen LogP contribution >= 0.6 is 11.8 Å². The van der Waals surface area contributed by atoms with Gasteiger partial charge >= 0.3 is 5.69 Å². The molecule has 0 spiro atoms. The minimum Gasteiger partial charge on any atom is -0.411 e. The van der Waals surface area contributed by atoms with Gasteiger partial charge in [-0.3, -0.25) is 19.1 Å². The molecule has 1 aromatic carbocycles. The molecule has 0 atom stereocenters. The lowest BCUT2D eigenvalue weighted by molar-refractivity contribution is -0.116. The van der Waals surface area contributed by atoms with Gasteiger partial charge in [-0.05, 0) is 30.9 Å². The first kappa shape index (κ1) is 25.3. The Labute approximate surface area is 201 Å². The summed E-state index contributed by atoms with van der Waals surface area (Å²) in [6.07, 6.45) is 0. The number of hydrogen-bond acceptors (Lipinski definition) is 8. The zero-order valence-electron chi connectivity index (χ0n) is 20.0. The molecule has 0 saturated heterocycles. The molecule has 10 nitrogen and oxygen atoms in total. The first-order valence-electron chi connectivity index (χ1n) is 11.0. The van der Waals surface area contributed by atoms with E-state index in [1.807, 2.05) is 58.9 Å². The second-order valence-corrected chi connectivity index (χ2v) is 9.85. The zero-order chi connectivity index (χ0) is 25.0. The van der Waals surface area contributed by atoms with Gasteiger partial charge in [0.2, 0.25) is 11.8 Å². The van der Waals surface area contributed by atoms with E-state index in [9.17, 15) is 14.4 Å². The number of rotatable bonds is 9. The van der Waals surface area contributed by atoms with Crippen LogP contribution in [0.3, 0.4) is 0 Å². The van der Waals surface area contributed by atoms with Crippen molar-refractivity contribution in [3.63, 3.8) is 0 Å². The Morgan fingerprint density at radius 1 is 1.15 bits per heavy atom. The molecule has 0 aliphatic rings. The molecule has 0 fully saturated rings. The minimum atomic E-state index is -0.694. The Morgan fingerprint density at radius 2 is 1.82 bits per heavy atom. The Morgan fingerprint density at radius 3 is 2.44 bits per heavy atom. The van der Waals surface area contributed by atoms with Crippen molar-refractivity contribution in [2.45, 2.75) is 46.4 Å². The lowest BCUT2D eigenvalue weighted by atomic mass is 10.1. The van der Waals surface area contributed by atoms with E-state index in [0.29, 0.717) is 12.4 Å². The van der Waals surface area contributed by atoms with E-state index in [0.717, 1.165) is 22.9 Å². The number of aromatic nitrogens is 4. The van der Waals surface area contributed by atoms with Gasteiger partial charge in [0.1, 0.15) is 5.82 Å². The Hall–Kier alpha value is -3.34. The van der Waals surface area contributed by atoms with Crippen LogP contribution in [-0.2, 0) is 11.3 Å². The molecule has 2 aromatic heterocycles. The summed E-state index contributed by atoms with van der Waals surface area (Å²) in [5.74, 6) is 0.0837. The number of carbonyl (C=O) groups excluding carboxylic acids is 1. The predicted molar refractivity (Wildman–Crippen MR) is 133 cm³/mol. The topological polar surface area (TPSA) is 140 Å². The van der Waals surface area contributed by atoms with Gasteiger partial charge in [-0.15, -0.1) is 10.2 Å². The third kappa shape index (κ3) is 5.96. The largest absolute Gasteiger partial charge is 0.411 e. The highest BCUT2D eigenvalue weighted by Gasteiger charge is 2.26. The number of amides is 1. The lowest BCUT2D eigenvalue weighted by Crippen LogP contribution is -2.43. The van der Waals surface area contributed by atoms with Crippen molar-refractivity contribution in [2.24, 2.45) is 11.8 Å². The molecular formula is C23H30N6O4S.